The van der Waals surface area contributed by atoms with Crippen LogP contribution in [0.15, 0.2) is 47.5 Å². The van der Waals surface area contributed by atoms with Crippen molar-refractivity contribution >= 4 is 46.0 Å². The first-order valence-electron chi connectivity index (χ1n) is 7.80. The summed E-state index contributed by atoms with van der Waals surface area (Å²) in [5.74, 6) is -0.771. The number of anilines is 2. The number of benzene rings is 1. The Morgan fingerprint density at radius 2 is 1.76 bits per heavy atom. The molecule has 1 aromatic carbocycles. The minimum absolute atomic E-state index is 0.154. The lowest BCUT2D eigenvalue weighted by Crippen LogP contribution is -2.32. The minimum Gasteiger partial charge on any atom is -0.350 e. The molecule has 128 valence electrons. The molecular formula is C18H17N3O3S. The lowest BCUT2D eigenvalue weighted by Gasteiger charge is -2.12. The van der Waals surface area contributed by atoms with Gasteiger partial charge in [-0.25, -0.2) is 0 Å². The molecule has 7 heteroatoms. The quantitative estimate of drug-likeness (QED) is 0.809. The number of amides is 3. The Labute approximate surface area is 149 Å². The molecule has 0 aliphatic carbocycles. The van der Waals surface area contributed by atoms with Gasteiger partial charge in [0, 0.05) is 29.7 Å². The third-order valence-corrected chi connectivity index (χ3v) is 4.61. The molecule has 2 aromatic rings. The summed E-state index contributed by atoms with van der Waals surface area (Å²) in [5, 5.41) is 7.62. The number of carbonyl (C=O) groups is 3. The van der Waals surface area contributed by atoms with Crippen LogP contribution < -0.4 is 10.6 Å². The Morgan fingerprint density at radius 1 is 1.08 bits per heavy atom. The van der Waals surface area contributed by atoms with Crippen LogP contribution in [0.4, 0.5) is 11.4 Å². The van der Waals surface area contributed by atoms with Gasteiger partial charge in [0.25, 0.3) is 11.8 Å². The standard InChI is InChI=1S/C18H17N3O3S/c1-3-21-17(23)15(14-5-4-10-25-14)16(18(21)24)20-13-8-6-12(7-9-13)19-11(2)22/h4-10,20H,3H2,1-2H3,(H,19,22). The molecule has 25 heavy (non-hydrogen) atoms. The Hall–Kier alpha value is -2.93. The number of nitrogens with one attached hydrogen (secondary N) is 2. The van der Waals surface area contributed by atoms with E-state index in [1.54, 1.807) is 31.2 Å². The molecule has 6 nitrogen and oxygen atoms in total. The highest BCUT2D eigenvalue weighted by Gasteiger charge is 2.38. The minimum atomic E-state index is -0.332. The van der Waals surface area contributed by atoms with E-state index in [0.717, 1.165) is 4.88 Å². The van der Waals surface area contributed by atoms with E-state index in [0.29, 0.717) is 23.5 Å². The van der Waals surface area contributed by atoms with Crippen molar-refractivity contribution in [3.63, 3.8) is 0 Å². The number of rotatable bonds is 5. The summed E-state index contributed by atoms with van der Waals surface area (Å²) in [4.78, 5) is 38.2. The average molecular weight is 355 g/mol. The van der Waals surface area contributed by atoms with Crippen LogP contribution in [-0.4, -0.2) is 29.2 Å². The fourth-order valence-corrected chi connectivity index (χ4v) is 3.38. The smallest absolute Gasteiger partial charge is 0.278 e. The molecule has 0 unspecified atom stereocenters. The van der Waals surface area contributed by atoms with Crippen molar-refractivity contribution in [3.05, 3.63) is 52.4 Å². The van der Waals surface area contributed by atoms with Crippen LogP contribution in [0.5, 0.6) is 0 Å². The summed E-state index contributed by atoms with van der Waals surface area (Å²) in [7, 11) is 0. The fourth-order valence-electron chi connectivity index (χ4n) is 2.61. The molecule has 3 amide bonds. The largest absolute Gasteiger partial charge is 0.350 e. The van der Waals surface area contributed by atoms with Gasteiger partial charge in [0.1, 0.15) is 5.70 Å². The number of carbonyl (C=O) groups excluding carboxylic acids is 3. The van der Waals surface area contributed by atoms with Gasteiger partial charge in [-0.1, -0.05) is 6.07 Å². The molecule has 1 aliphatic rings. The Morgan fingerprint density at radius 3 is 2.32 bits per heavy atom. The van der Waals surface area contributed by atoms with Gasteiger partial charge in [-0.3, -0.25) is 19.3 Å². The number of nitrogens with zero attached hydrogens (tertiary/aromatic N) is 1. The Balaban J connectivity index is 1.93. The van der Waals surface area contributed by atoms with Crippen LogP contribution in [0.25, 0.3) is 5.57 Å². The van der Waals surface area contributed by atoms with Gasteiger partial charge in [-0.05, 0) is 42.6 Å². The zero-order valence-corrected chi connectivity index (χ0v) is 14.6. The van der Waals surface area contributed by atoms with Crippen LogP contribution >= 0.6 is 11.3 Å². The maximum atomic E-state index is 12.6. The van der Waals surface area contributed by atoms with Gasteiger partial charge in [-0.2, -0.15) is 0 Å². The SMILES string of the molecule is CCN1C(=O)C(Nc2ccc(NC(C)=O)cc2)=C(c2cccs2)C1=O. The molecule has 0 saturated carbocycles. The normalized spacial score (nSPS) is 14.2. The maximum Gasteiger partial charge on any atom is 0.278 e. The van der Waals surface area contributed by atoms with Gasteiger partial charge >= 0.3 is 0 Å². The van der Waals surface area contributed by atoms with Crippen molar-refractivity contribution < 1.29 is 14.4 Å². The van der Waals surface area contributed by atoms with Crippen LogP contribution in [0, 0.1) is 0 Å². The summed E-state index contributed by atoms with van der Waals surface area (Å²) in [5.41, 5.74) is 2.00. The number of likely N-dealkylation sites (N-methyl/N-ethyl adjacent to an activating group) is 1. The summed E-state index contributed by atoms with van der Waals surface area (Å²) >= 11 is 1.42. The van der Waals surface area contributed by atoms with Crippen molar-refractivity contribution in [1.82, 2.24) is 4.90 Å². The number of imide groups is 1. The molecule has 0 saturated heterocycles. The predicted octanol–water partition coefficient (Wildman–Crippen LogP) is 2.92. The summed E-state index contributed by atoms with van der Waals surface area (Å²) in [6, 6.07) is 10.6. The molecule has 0 fully saturated rings. The first-order valence-corrected chi connectivity index (χ1v) is 8.68. The van der Waals surface area contributed by atoms with E-state index in [1.165, 1.54) is 23.2 Å². The summed E-state index contributed by atoms with van der Waals surface area (Å²) in [6.45, 7) is 3.53. The van der Waals surface area contributed by atoms with E-state index in [-0.39, 0.29) is 23.4 Å². The third kappa shape index (κ3) is 3.32. The van der Waals surface area contributed by atoms with Gasteiger partial charge in [0.05, 0.1) is 5.57 Å². The second-order valence-corrected chi connectivity index (χ2v) is 6.41. The molecule has 0 bridgehead atoms. The Kier molecular flexibility index (Phi) is 4.67. The summed E-state index contributed by atoms with van der Waals surface area (Å²) < 4.78 is 0. The molecule has 0 radical (unpaired) electrons. The van der Waals surface area contributed by atoms with E-state index in [1.807, 2.05) is 17.5 Å². The lowest BCUT2D eigenvalue weighted by atomic mass is 10.2. The zero-order chi connectivity index (χ0) is 18.0. The molecule has 2 heterocycles. The topological polar surface area (TPSA) is 78.5 Å². The van der Waals surface area contributed by atoms with Crippen molar-refractivity contribution in [2.45, 2.75) is 13.8 Å². The molecule has 1 aliphatic heterocycles. The molecule has 1 aromatic heterocycles. The van der Waals surface area contributed by atoms with E-state index in [2.05, 4.69) is 10.6 Å². The highest BCUT2D eigenvalue weighted by Crippen LogP contribution is 2.32. The number of hydrogen-bond acceptors (Lipinski definition) is 5. The third-order valence-electron chi connectivity index (χ3n) is 3.73. The summed E-state index contributed by atoms with van der Waals surface area (Å²) in [6.07, 6.45) is 0. The van der Waals surface area contributed by atoms with Crippen LogP contribution in [0.2, 0.25) is 0 Å². The molecule has 0 atom stereocenters. The van der Waals surface area contributed by atoms with Crippen molar-refractivity contribution in [2.24, 2.45) is 0 Å². The maximum absolute atomic E-state index is 12.6. The van der Waals surface area contributed by atoms with Crippen molar-refractivity contribution in [2.75, 3.05) is 17.2 Å². The number of thiophene rings is 1. The van der Waals surface area contributed by atoms with E-state index >= 15 is 0 Å². The van der Waals surface area contributed by atoms with E-state index < -0.39 is 0 Å². The van der Waals surface area contributed by atoms with Crippen LogP contribution in [-0.2, 0) is 14.4 Å². The highest BCUT2D eigenvalue weighted by molar-refractivity contribution is 7.11. The van der Waals surface area contributed by atoms with E-state index in [4.69, 9.17) is 0 Å². The highest BCUT2D eigenvalue weighted by atomic mass is 32.1. The van der Waals surface area contributed by atoms with Gasteiger partial charge in [0.15, 0.2) is 0 Å². The molecular weight excluding hydrogens is 338 g/mol. The monoisotopic (exact) mass is 355 g/mol. The first kappa shape index (κ1) is 16.9. The van der Waals surface area contributed by atoms with E-state index in [9.17, 15) is 14.4 Å². The molecule has 0 spiro atoms. The molecule has 3 rings (SSSR count). The Bertz CT molecular complexity index is 854. The second-order valence-electron chi connectivity index (χ2n) is 5.47. The van der Waals surface area contributed by atoms with Gasteiger partial charge in [0.2, 0.25) is 5.91 Å². The molecule has 2 N–H and O–H groups in total. The lowest BCUT2D eigenvalue weighted by molar-refractivity contribution is -0.136. The average Bonchev–Trinajstić information content (AvgIpc) is 3.16. The fraction of sp³-hybridized carbons (Fsp3) is 0.167. The number of hydrogen-bond donors (Lipinski definition) is 2. The predicted molar refractivity (Wildman–Crippen MR) is 98.0 cm³/mol. The van der Waals surface area contributed by atoms with Crippen LogP contribution in [0.3, 0.4) is 0 Å². The first-order chi connectivity index (χ1) is 12.0. The van der Waals surface area contributed by atoms with Gasteiger partial charge in [-0.15, -0.1) is 11.3 Å². The second kappa shape index (κ2) is 6.90. The van der Waals surface area contributed by atoms with Crippen molar-refractivity contribution in [1.29, 1.82) is 0 Å². The van der Waals surface area contributed by atoms with Crippen LogP contribution in [0.1, 0.15) is 18.7 Å². The van der Waals surface area contributed by atoms with Gasteiger partial charge < -0.3 is 10.6 Å². The zero-order valence-electron chi connectivity index (χ0n) is 13.8. The van der Waals surface area contributed by atoms with Crippen molar-refractivity contribution in [3.8, 4) is 0 Å².